The van der Waals surface area contributed by atoms with Gasteiger partial charge in [-0.25, -0.2) is 0 Å². The molecular formula is C18H24N2S. The topological polar surface area (TPSA) is 15.3 Å². The minimum absolute atomic E-state index is 0.712. The molecule has 2 heterocycles. The normalized spacial score (nSPS) is 23.0. The molecule has 2 fully saturated rings. The molecule has 2 aromatic rings. The van der Waals surface area contributed by atoms with Crippen molar-refractivity contribution >= 4 is 21.4 Å². The van der Waals surface area contributed by atoms with Crippen LogP contribution in [0.3, 0.4) is 0 Å². The molecule has 1 saturated heterocycles. The van der Waals surface area contributed by atoms with Crippen LogP contribution in [-0.2, 0) is 6.54 Å². The highest BCUT2D eigenvalue weighted by Gasteiger charge is 2.31. The molecular weight excluding hydrogens is 276 g/mol. The number of fused-ring (bicyclic) bond motifs is 1. The third-order valence-corrected chi connectivity index (χ3v) is 5.88. The standard InChI is InChI=1S/C18H24N2S/c1-2-7-18-17(6-1)14(13-21-18)11-20(16-8-9-16)12-15-5-3-4-10-19-15/h1-2,6-7,13,15-16,19H,3-5,8-12H2. The summed E-state index contributed by atoms with van der Waals surface area (Å²) in [6, 6.07) is 10.4. The Kier molecular flexibility index (Phi) is 3.97. The molecule has 0 spiro atoms. The highest BCUT2D eigenvalue weighted by atomic mass is 32.1. The molecule has 21 heavy (non-hydrogen) atoms. The maximum absolute atomic E-state index is 3.71. The predicted molar refractivity (Wildman–Crippen MR) is 90.9 cm³/mol. The number of benzene rings is 1. The van der Waals surface area contributed by atoms with E-state index in [2.05, 4.69) is 39.9 Å². The molecule has 1 saturated carbocycles. The van der Waals surface area contributed by atoms with Crippen LogP contribution < -0.4 is 5.32 Å². The zero-order chi connectivity index (χ0) is 14.1. The lowest BCUT2D eigenvalue weighted by Gasteiger charge is -2.30. The maximum Gasteiger partial charge on any atom is 0.0346 e. The first kappa shape index (κ1) is 13.7. The van der Waals surface area contributed by atoms with Crippen LogP contribution in [0, 0.1) is 0 Å². The molecule has 1 aromatic heterocycles. The van der Waals surface area contributed by atoms with Crippen LogP contribution in [0.1, 0.15) is 37.7 Å². The molecule has 1 aliphatic carbocycles. The molecule has 2 aliphatic rings. The molecule has 0 bridgehead atoms. The van der Waals surface area contributed by atoms with Crippen molar-refractivity contribution in [2.24, 2.45) is 0 Å². The van der Waals surface area contributed by atoms with Gasteiger partial charge in [-0.15, -0.1) is 11.3 Å². The smallest absolute Gasteiger partial charge is 0.0346 e. The Bertz CT molecular complexity index is 596. The zero-order valence-electron chi connectivity index (χ0n) is 12.6. The van der Waals surface area contributed by atoms with Gasteiger partial charge in [0.25, 0.3) is 0 Å². The van der Waals surface area contributed by atoms with Crippen LogP contribution >= 0.6 is 11.3 Å². The Hall–Kier alpha value is -0.900. The summed E-state index contributed by atoms with van der Waals surface area (Å²) >= 11 is 1.89. The summed E-state index contributed by atoms with van der Waals surface area (Å²) in [5.41, 5.74) is 1.53. The van der Waals surface area contributed by atoms with E-state index in [1.165, 1.54) is 60.8 Å². The van der Waals surface area contributed by atoms with Crippen molar-refractivity contribution in [1.82, 2.24) is 10.2 Å². The summed E-state index contributed by atoms with van der Waals surface area (Å²) in [5, 5.41) is 7.54. The van der Waals surface area contributed by atoms with E-state index in [1.807, 2.05) is 11.3 Å². The summed E-state index contributed by atoms with van der Waals surface area (Å²) in [6.45, 7) is 3.58. The molecule has 1 aromatic carbocycles. The van der Waals surface area contributed by atoms with Crippen molar-refractivity contribution in [3.63, 3.8) is 0 Å². The minimum atomic E-state index is 0.712. The molecule has 3 heteroatoms. The summed E-state index contributed by atoms with van der Waals surface area (Å²) in [7, 11) is 0. The number of hydrogen-bond acceptors (Lipinski definition) is 3. The second-order valence-corrected chi connectivity index (χ2v) is 7.48. The van der Waals surface area contributed by atoms with E-state index in [9.17, 15) is 0 Å². The first-order valence-corrected chi connectivity index (χ1v) is 9.20. The average Bonchev–Trinajstić information content (AvgIpc) is 3.30. The van der Waals surface area contributed by atoms with Gasteiger partial charge in [-0.05, 0) is 54.6 Å². The van der Waals surface area contributed by atoms with E-state index >= 15 is 0 Å². The number of hydrogen-bond donors (Lipinski definition) is 1. The van der Waals surface area contributed by atoms with Crippen molar-refractivity contribution in [3.05, 3.63) is 35.2 Å². The second kappa shape index (κ2) is 6.07. The Morgan fingerprint density at radius 1 is 1.14 bits per heavy atom. The van der Waals surface area contributed by atoms with Gasteiger partial charge in [0.1, 0.15) is 0 Å². The molecule has 1 unspecified atom stereocenters. The van der Waals surface area contributed by atoms with Gasteiger partial charge in [0.05, 0.1) is 0 Å². The Morgan fingerprint density at radius 3 is 2.86 bits per heavy atom. The van der Waals surface area contributed by atoms with Gasteiger partial charge in [0.2, 0.25) is 0 Å². The molecule has 1 atom stereocenters. The monoisotopic (exact) mass is 300 g/mol. The van der Waals surface area contributed by atoms with Gasteiger partial charge in [0, 0.05) is 29.9 Å². The fourth-order valence-electron chi connectivity index (χ4n) is 3.52. The summed E-state index contributed by atoms with van der Waals surface area (Å²) in [5.74, 6) is 0. The van der Waals surface area contributed by atoms with Crippen LogP contribution in [-0.4, -0.2) is 30.1 Å². The van der Waals surface area contributed by atoms with Crippen molar-refractivity contribution < 1.29 is 0 Å². The summed E-state index contributed by atoms with van der Waals surface area (Å²) in [6.07, 6.45) is 6.91. The molecule has 2 nitrogen and oxygen atoms in total. The number of nitrogens with zero attached hydrogens (tertiary/aromatic N) is 1. The Balaban J connectivity index is 1.49. The first-order valence-electron chi connectivity index (χ1n) is 8.33. The van der Waals surface area contributed by atoms with Crippen molar-refractivity contribution in [1.29, 1.82) is 0 Å². The van der Waals surface area contributed by atoms with Crippen LogP contribution in [0.5, 0.6) is 0 Å². The second-order valence-electron chi connectivity index (χ2n) is 6.56. The van der Waals surface area contributed by atoms with E-state index in [4.69, 9.17) is 0 Å². The molecule has 0 amide bonds. The quantitative estimate of drug-likeness (QED) is 0.897. The highest BCUT2D eigenvalue weighted by molar-refractivity contribution is 7.17. The fourth-order valence-corrected chi connectivity index (χ4v) is 4.47. The molecule has 4 rings (SSSR count). The van der Waals surface area contributed by atoms with Crippen LogP contribution in [0.15, 0.2) is 29.6 Å². The van der Waals surface area contributed by atoms with Crippen molar-refractivity contribution in [3.8, 4) is 0 Å². The van der Waals surface area contributed by atoms with Crippen LogP contribution in [0.4, 0.5) is 0 Å². The van der Waals surface area contributed by atoms with E-state index in [0.717, 1.165) is 12.6 Å². The van der Waals surface area contributed by atoms with Gasteiger partial charge < -0.3 is 5.32 Å². The predicted octanol–water partition coefficient (Wildman–Crippen LogP) is 4.01. The lowest BCUT2D eigenvalue weighted by Crippen LogP contribution is -2.44. The third-order valence-electron chi connectivity index (χ3n) is 4.87. The number of nitrogens with one attached hydrogen (secondary N) is 1. The molecule has 1 aliphatic heterocycles. The fraction of sp³-hybridized carbons (Fsp3) is 0.556. The van der Waals surface area contributed by atoms with Crippen LogP contribution in [0.2, 0.25) is 0 Å². The van der Waals surface area contributed by atoms with Gasteiger partial charge in [-0.1, -0.05) is 24.6 Å². The SMILES string of the molecule is c1ccc2c(CN(CC3CCCCN3)C3CC3)csc2c1. The Morgan fingerprint density at radius 2 is 2.05 bits per heavy atom. The number of thiophene rings is 1. The number of rotatable bonds is 5. The van der Waals surface area contributed by atoms with Gasteiger partial charge in [0.15, 0.2) is 0 Å². The van der Waals surface area contributed by atoms with Gasteiger partial charge in [-0.2, -0.15) is 0 Å². The highest BCUT2D eigenvalue weighted by Crippen LogP contribution is 2.32. The van der Waals surface area contributed by atoms with E-state index < -0.39 is 0 Å². The van der Waals surface area contributed by atoms with Gasteiger partial charge in [-0.3, -0.25) is 4.90 Å². The summed E-state index contributed by atoms with van der Waals surface area (Å²) in [4.78, 5) is 2.73. The summed E-state index contributed by atoms with van der Waals surface area (Å²) < 4.78 is 1.43. The zero-order valence-corrected chi connectivity index (χ0v) is 13.4. The lowest BCUT2D eigenvalue weighted by molar-refractivity contribution is 0.209. The van der Waals surface area contributed by atoms with Gasteiger partial charge >= 0.3 is 0 Å². The van der Waals surface area contributed by atoms with Crippen LogP contribution in [0.25, 0.3) is 10.1 Å². The maximum atomic E-state index is 3.71. The number of piperidine rings is 1. The van der Waals surface area contributed by atoms with E-state index in [1.54, 1.807) is 0 Å². The van der Waals surface area contributed by atoms with Crippen molar-refractivity contribution in [2.75, 3.05) is 13.1 Å². The lowest BCUT2D eigenvalue weighted by atomic mass is 10.0. The average molecular weight is 300 g/mol. The minimum Gasteiger partial charge on any atom is -0.313 e. The van der Waals surface area contributed by atoms with E-state index in [-0.39, 0.29) is 0 Å². The molecule has 1 N–H and O–H groups in total. The largest absolute Gasteiger partial charge is 0.313 e. The molecule has 112 valence electrons. The Labute approximate surface area is 131 Å². The third kappa shape index (κ3) is 3.15. The molecule has 0 radical (unpaired) electrons. The first-order chi connectivity index (χ1) is 10.4. The van der Waals surface area contributed by atoms with Crippen molar-refractivity contribution in [2.45, 2.75) is 50.7 Å². The van der Waals surface area contributed by atoms with E-state index in [0.29, 0.717) is 6.04 Å².